The largest absolute Gasteiger partial charge is 0.478 e. The minimum atomic E-state index is -1.01. The standard InChI is InChI=1S/C30H24FN3O3/c1-17-13-23(18(2)33-26-6-4-3-5-22(26)30(36)37)25-16-24(19-7-9-21(31)10-8-19)29(34-27(25)14-17)20-11-12-32-28(35)15-20/h3-16,18,33H,1-2H3,(H,32,35)(H,36,37). The Kier molecular flexibility index (Phi) is 6.27. The Hall–Kier alpha value is -4.78. The van der Waals surface area contributed by atoms with Crippen molar-refractivity contribution in [3.63, 3.8) is 0 Å². The van der Waals surface area contributed by atoms with Gasteiger partial charge in [-0.25, -0.2) is 14.2 Å². The Morgan fingerprint density at radius 3 is 2.49 bits per heavy atom. The zero-order valence-corrected chi connectivity index (χ0v) is 20.2. The molecule has 0 fully saturated rings. The first kappa shape index (κ1) is 23.9. The Morgan fingerprint density at radius 1 is 1.00 bits per heavy atom. The van der Waals surface area contributed by atoms with Crippen LogP contribution in [0, 0.1) is 12.7 Å². The summed E-state index contributed by atoms with van der Waals surface area (Å²) in [7, 11) is 0. The predicted octanol–water partition coefficient (Wildman–Crippen LogP) is 6.58. The predicted molar refractivity (Wildman–Crippen MR) is 143 cm³/mol. The van der Waals surface area contributed by atoms with Crippen LogP contribution in [0.2, 0.25) is 0 Å². The minimum Gasteiger partial charge on any atom is -0.478 e. The molecule has 2 heterocycles. The third-order valence-corrected chi connectivity index (χ3v) is 6.31. The van der Waals surface area contributed by atoms with Gasteiger partial charge >= 0.3 is 5.97 Å². The van der Waals surface area contributed by atoms with E-state index in [-0.39, 0.29) is 23.0 Å². The van der Waals surface area contributed by atoms with E-state index in [1.165, 1.54) is 18.2 Å². The molecule has 0 radical (unpaired) electrons. The van der Waals surface area contributed by atoms with Crippen molar-refractivity contribution in [2.24, 2.45) is 0 Å². The third kappa shape index (κ3) is 4.84. The zero-order chi connectivity index (χ0) is 26.1. The highest BCUT2D eigenvalue weighted by atomic mass is 19.1. The van der Waals surface area contributed by atoms with Gasteiger partial charge in [-0.2, -0.15) is 0 Å². The number of rotatable bonds is 6. The summed E-state index contributed by atoms with van der Waals surface area (Å²) in [6, 6.07) is 22.0. The Bertz CT molecular complexity index is 1690. The van der Waals surface area contributed by atoms with Crippen molar-refractivity contribution in [1.82, 2.24) is 9.97 Å². The number of carboxylic acid groups (broad SMARTS) is 1. The lowest BCUT2D eigenvalue weighted by Crippen LogP contribution is -2.11. The molecule has 2 aromatic heterocycles. The first-order valence-corrected chi connectivity index (χ1v) is 11.8. The first-order chi connectivity index (χ1) is 17.8. The van der Waals surface area contributed by atoms with E-state index in [1.807, 2.05) is 32.0 Å². The van der Waals surface area contributed by atoms with Gasteiger partial charge in [0.05, 0.1) is 16.8 Å². The topological polar surface area (TPSA) is 95.1 Å². The van der Waals surface area contributed by atoms with Gasteiger partial charge in [-0.15, -0.1) is 0 Å². The molecule has 3 aromatic carbocycles. The molecule has 184 valence electrons. The number of hydrogen-bond acceptors (Lipinski definition) is 4. The molecular formula is C30H24FN3O3. The van der Waals surface area contributed by atoms with Crippen LogP contribution in [0.5, 0.6) is 0 Å². The van der Waals surface area contributed by atoms with E-state index in [2.05, 4.69) is 10.3 Å². The molecule has 0 aliphatic carbocycles. The molecule has 37 heavy (non-hydrogen) atoms. The number of carboxylic acids is 1. The van der Waals surface area contributed by atoms with E-state index in [1.54, 1.807) is 48.7 Å². The van der Waals surface area contributed by atoms with Gasteiger partial charge in [0.15, 0.2) is 0 Å². The van der Waals surface area contributed by atoms with E-state index in [4.69, 9.17) is 4.98 Å². The van der Waals surface area contributed by atoms with Crippen molar-refractivity contribution in [3.05, 3.63) is 118 Å². The number of halogens is 1. The van der Waals surface area contributed by atoms with Crippen molar-refractivity contribution in [3.8, 4) is 22.4 Å². The number of hydrogen-bond donors (Lipinski definition) is 3. The minimum absolute atomic E-state index is 0.188. The van der Waals surface area contributed by atoms with Gasteiger partial charge in [0, 0.05) is 40.5 Å². The number of benzene rings is 3. The van der Waals surface area contributed by atoms with Crippen LogP contribution in [0.4, 0.5) is 10.1 Å². The molecule has 0 saturated heterocycles. The maximum Gasteiger partial charge on any atom is 0.337 e. The maximum absolute atomic E-state index is 13.7. The van der Waals surface area contributed by atoms with Crippen LogP contribution in [-0.4, -0.2) is 21.0 Å². The zero-order valence-electron chi connectivity index (χ0n) is 20.2. The highest BCUT2D eigenvalue weighted by molar-refractivity contribution is 5.95. The molecule has 0 aliphatic rings. The van der Waals surface area contributed by atoms with Crippen LogP contribution in [0.1, 0.15) is 34.5 Å². The molecule has 5 rings (SSSR count). The van der Waals surface area contributed by atoms with Gasteiger partial charge in [-0.3, -0.25) is 4.79 Å². The van der Waals surface area contributed by atoms with Crippen LogP contribution in [0.25, 0.3) is 33.3 Å². The number of H-pyrrole nitrogens is 1. The summed E-state index contributed by atoms with van der Waals surface area (Å²) in [6.07, 6.45) is 1.57. The summed E-state index contributed by atoms with van der Waals surface area (Å²) in [4.78, 5) is 31.4. The fraction of sp³-hybridized carbons (Fsp3) is 0.100. The third-order valence-electron chi connectivity index (χ3n) is 6.31. The van der Waals surface area contributed by atoms with Gasteiger partial charge in [0.25, 0.3) is 0 Å². The van der Waals surface area contributed by atoms with Crippen molar-refractivity contribution < 1.29 is 14.3 Å². The van der Waals surface area contributed by atoms with Crippen molar-refractivity contribution in [2.75, 3.05) is 5.32 Å². The summed E-state index contributed by atoms with van der Waals surface area (Å²) in [6.45, 7) is 3.94. The van der Waals surface area contributed by atoms with Gasteiger partial charge in [0.2, 0.25) is 5.56 Å². The van der Waals surface area contributed by atoms with Crippen molar-refractivity contribution >= 4 is 22.6 Å². The second kappa shape index (κ2) is 9.70. The molecule has 6 nitrogen and oxygen atoms in total. The summed E-state index contributed by atoms with van der Waals surface area (Å²) < 4.78 is 13.7. The lowest BCUT2D eigenvalue weighted by Gasteiger charge is -2.21. The molecule has 0 amide bonds. The summed E-state index contributed by atoms with van der Waals surface area (Å²) in [5.41, 5.74) is 5.88. The van der Waals surface area contributed by atoms with Gasteiger partial charge in [-0.05, 0) is 73.0 Å². The van der Waals surface area contributed by atoms with Gasteiger partial charge < -0.3 is 15.4 Å². The second-order valence-corrected chi connectivity index (χ2v) is 8.97. The monoisotopic (exact) mass is 493 g/mol. The smallest absolute Gasteiger partial charge is 0.337 e. The number of carbonyl (C=O) groups is 1. The van der Waals surface area contributed by atoms with E-state index in [9.17, 15) is 19.1 Å². The van der Waals surface area contributed by atoms with Gasteiger partial charge in [-0.1, -0.05) is 30.3 Å². The Labute approximate surface area is 212 Å². The number of para-hydroxylation sites is 1. The molecule has 3 N–H and O–H groups in total. The lowest BCUT2D eigenvalue weighted by molar-refractivity contribution is 0.0698. The molecule has 0 bridgehead atoms. The van der Waals surface area contributed by atoms with Crippen molar-refractivity contribution in [2.45, 2.75) is 19.9 Å². The number of aromatic carboxylic acids is 1. The van der Waals surface area contributed by atoms with E-state index in [0.29, 0.717) is 16.9 Å². The summed E-state index contributed by atoms with van der Waals surface area (Å²) in [5.74, 6) is -1.35. The average molecular weight is 494 g/mol. The first-order valence-electron chi connectivity index (χ1n) is 11.8. The Balaban J connectivity index is 1.71. The maximum atomic E-state index is 13.7. The average Bonchev–Trinajstić information content (AvgIpc) is 2.88. The summed E-state index contributed by atoms with van der Waals surface area (Å²) >= 11 is 0. The highest BCUT2D eigenvalue weighted by Gasteiger charge is 2.18. The molecule has 7 heteroatoms. The molecular weight excluding hydrogens is 469 g/mol. The molecule has 5 aromatic rings. The van der Waals surface area contributed by atoms with Gasteiger partial charge in [0.1, 0.15) is 5.82 Å². The highest BCUT2D eigenvalue weighted by Crippen LogP contribution is 2.36. The number of aromatic amines is 1. The van der Waals surface area contributed by atoms with Crippen LogP contribution in [-0.2, 0) is 0 Å². The number of fused-ring (bicyclic) bond motifs is 1. The summed E-state index contributed by atoms with van der Waals surface area (Å²) in [5, 5.41) is 13.8. The molecule has 0 spiro atoms. The fourth-order valence-electron chi connectivity index (χ4n) is 4.58. The molecule has 0 aliphatic heterocycles. The lowest BCUT2D eigenvalue weighted by atomic mass is 9.93. The SMILES string of the molecule is Cc1cc(C(C)Nc2ccccc2C(=O)O)c2cc(-c3ccc(F)cc3)c(-c3cc[nH]c(=O)c3)nc2c1. The molecule has 1 atom stereocenters. The van der Waals surface area contributed by atoms with E-state index < -0.39 is 5.97 Å². The molecule has 1 unspecified atom stereocenters. The quantitative estimate of drug-likeness (QED) is 0.248. The van der Waals surface area contributed by atoms with E-state index >= 15 is 0 Å². The van der Waals surface area contributed by atoms with Crippen LogP contribution in [0.15, 0.2) is 89.9 Å². The number of nitrogens with zero attached hydrogens (tertiary/aromatic N) is 1. The second-order valence-electron chi connectivity index (χ2n) is 8.97. The van der Waals surface area contributed by atoms with E-state index in [0.717, 1.165) is 33.2 Å². The number of aromatic nitrogens is 2. The normalized spacial score (nSPS) is 11.9. The van der Waals surface area contributed by atoms with Crippen LogP contribution < -0.4 is 10.9 Å². The number of anilines is 1. The van der Waals surface area contributed by atoms with Crippen LogP contribution >= 0.6 is 0 Å². The number of nitrogens with one attached hydrogen (secondary N) is 2. The van der Waals surface area contributed by atoms with Crippen LogP contribution in [0.3, 0.4) is 0 Å². The Morgan fingerprint density at radius 2 is 1.76 bits per heavy atom. The number of aryl methyl sites for hydroxylation is 1. The molecule has 0 saturated carbocycles. The fourth-order valence-corrected chi connectivity index (χ4v) is 4.58. The van der Waals surface area contributed by atoms with Crippen molar-refractivity contribution in [1.29, 1.82) is 0 Å². The number of pyridine rings is 2.